The van der Waals surface area contributed by atoms with E-state index >= 15 is 0 Å². The molecule has 0 aromatic carbocycles. The van der Waals surface area contributed by atoms with Gasteiger partial charge in [0.05, 0.1) is 16.1 Å². The summed E-state index contributed by atoms with van der Waals surface area (Å²) >= 11 is 8.12. The SMILES string of the molecule is Cc1nc(CC2=CC(Cl)CC(C)(C)C2)sc1C. The van der Waals surface area contributed by atoms with Gasteiger partial charge in [-0.3, -0.25) is 0 Å². The Balaban J connectivity index is 2.13. The number of rotatable bonds is 2. The predicted octanol–water partition coefficient (Wildman–Crippen LogP) is 4.66. The molecule has 0 bridgehead atoms. The first-order chi connectivity index (χ1) is 7.85. The molecule has 0 fully saturated rings. The third kappa shape index (κ3) is 3.32. The number of hydrogen-bond donors (Lipinski definition) is 0. The Labute approximate surface area is 113 Å². The Kier molecular flexibility index (Phi) is 3.65. The van der Waals surface area contributed by atoms with Crippen molar-refractivity contribution < 1.29 is 0 Å². The lowest BCUT2D eigenvalue weighted by molar-refractivity contribution is 0.320. The highest BCUT2D eigenvalue weighted by Crippen LogP contribution is 2.38. The maximum Gasteiger partial charge on any atom is 0.0971 e. The van der Waals surface area contributed by atoms with Gasteiger partial charge < -0.3 is 0 Å². The summed E-state index contributed by atoms with van der Waals surface area (Å²) in [6.07, 6.45) is 5.44. The third-order valence-electron chi connectivity index (χ3n) is 3.32. The summed E-state index contributed by atoms with van der Waals surface area (Å²) in [5.41, 5.74) is 2.95. The van der Waals surface area contributed by atoms with E-state index in [1.165, 1.54) is 21.2 Å². The fourth-order valence-corrected chi connectivity index (χ4v) is 4.10. The molecule has 1 atom stereocenters. The van der Waals surface area contributed by atoms with Gasteiger partial charge in [0.1, 0.15) is 0 Å². The number of hydrogen-bond acceptors (Lipinski definition) is 2. The minimum absolute atomic E-state index is 0.191. The molecular formula is C14H20ClNS. The summed E-state index contributed by atoms with van der Waals surface area (Å²) in [5, 5.41) is 1.42. The third-order valence-corrected chi connectivity index (χ3v) is 4.67. The molecule has 94 valence electrons. The molecule has 1 aliphatic rings. The van der Waals surface area contributed by atoms with Gasteiger partial charge in [-0.1, -0.05) is 25.5 Å². The predicted molar refractivity (Wildman–Crippen MR) is 76.0 cm³/mol. The lowest BCUT2D eigenvalue weighted by Crippen LogP contribution is -2.22. The van der Waals surface area contributed by atoms with Crippen LogP contribution in [-0.2, 0) is 6.42 Å². The van der Waals surface area contributed by atoms with E-state index in [0.29, 0.717) is 5.41 Å². The van der Waals surface area contributed by atoms with Crippen LogP contribution in [0.25, 0.3) is 0 Å². The minimum Gasteiger partial charge on any atom is -0.246 e. The number of aromatic nitrogens is 1. The Morgan fingerprint density at radius 2 is 2.18 bits per heavy atom. The second-order valence-corrected chi connectivity index (χ2v) is 7.66. The second kappa shape index (κ2) is 4.74. The van der Waals surface area contributed by atoms with Crippen molar-refractivity contribution in [2.24, 2.45) is 5.41 Å². The average Bonchev–Trinajstić information content (AvgIpc) is 2.41. The lowest BCUT2D eigenvalue weighted by atomic mass is 9.76. The van der Waals surface area contributed by atoms with Crippen LogP contribution in [0, 0.1) is 19.3 Å². The fourth-order valence-electron chi connectivity index (χ4n) is 2.52. The van der Waals surface area contributed by atoms with E-state index in [0.717, 1.165) is 19.3 Å². The monoisotopic (exact) mass is 269 g/mol. The van der Waals surface area contributed by atoms with Gasteiger partial charge in [0.25, 0.3) is 0 Å². The van der Waals surface area contributed by atoms with Crippen molar-refractivity contribution in [3.8, 4) is 0 Å². The molecular weight excluding hydrogens is 250 g/mol. The number of alkyl halides is 1. The molecule has 1 aromatic heterocycles. The summed E-state index contributed by atoms with van der Waals surface area (Å²) in [6, 6.07) is 0. The van der Waals surface area contributed by atoms with E-state index in [2.05, 4.69) is 38.8 Å². The topological polar surface area (TPSA) is 12.9 Å². The molecule has 1 heterocycles. The highest BCUT2D eigenvalue weighted by molar-refractivity contribution is 7.11. The molecule has 2 rings (SSSR count). The molecule has 1 nitrogen and oxygen atoms in total. The maximum absolute atomic E-state index is 6.31. The normalized spacial score (nSPS) is 23.6. The Morgan fingerprint density at radius 3 is 2.71 bits per heavy atom. The van der Waals surface area contributed by atoms with Crippen molar-refractivity contribution in [3.63, 3.8) is 0 Å². The first kappa shape index (κ1) is 13.1. The molecule has 1 unspecified atom stereocenters. The van der Waals surface area contributed by atoms with Gasteiger partial charge in [0.2, 0.25) is 0 Å². The van der Waals surface area contributed by atoms with Gasteiger partial charge >= 0.3 is 0 Å². The second-order valence-electron chi connectivity index (χ2n) is 5.81. The number of allylic oxidation sites excluding steroid dienone is 2. The zero-order valence-corrected chi connectivity index (χ0v) is 12.6. The fraction of sp³-hybridized carbons (Fsp3) is 0.643. The summed E-state index contributed by atoms with van der Waals surface area (Å²) in [7, 11) is 0. The molecule has 1 aromatic rings. The highest BCUT2D eigenvalue weighted by Gasteiger charge is 2.27. The van der Waals surface area contributed by atoms with Crippen LogP contribution in [-0.4, -0.2) is 10.4 Å². The summed E-state index contributed by atoms with van der Waals surface area (Å²) in [5.74, 6) is 0. The van der Waals surface area contributed by atoms with Gasteiger partial charge in [0.15, 0.2) is 0 Å². The molecule has 17 heavy (non-hydrogen) atoms. The molecule has 0 spiro atoms. The summed E-state index contributed by atoms with van der Waals surface area (Å²) < 4.78 is 0. The van der Waals surface area contributed by atoms with Gasteiger partial charge in [0, 0.05) is 11.3 Å². The Morgan fingerprint density at radius 1 is 1.47 bits per heavy atom. The van der Waals surface area contributed by atoms with Crippen molar-refractivity contribution in [1.82, 2.24) is 4.98 Å². The average molecular weight is 270 g/mol. The van der Waals surface area contributed by atoms with Crippen LogP contribution in [0.5, 0.6) is 0 Å². The van der Waals surface area contributed by atoms with Crippen molar-refractivity contribution in [3.05, 3.63) is 27.2 Å². The van der Waals surface area contributed by atoms with Crippen molar-refractivity contribution in [2.45, 2.75) is 52.3 Å². The van der Waals surface area contributed by atoms with Gasteiger partial charge in [-0.25, -0.2) is 4.98 Å². The van der Waals surface area contributed by atoms with E-state index in [-0.39, 0.29) is 5.38 Å². The van der Waals surface area contributed by atoms with Crippen molar-refractivity contribution >= 4 is 22.9 Å². The molecule has 0 N–H and O–H groups in total. The standard InChI is InChI=1S/C14H20ClNS/c1-9-10(2)17-13(16-9)6-11-5-12(15)8-14(3,4)7-11/h5,12H,6-8H2,1-4H3. The van der Waals surface area contributed by atoms with Crippen LogP contribution >= 0.6 is 22.9 Å². The van der Waals surface area contributed by atoms with E-state index < -0.39 is 0 Å². The largest absolute Gasteiger partial charge is 0.246 e. The molecule has 0 aliphatic heterocycles. The van der Waals surface area contributed by atoms with Crippen molar-refractivity contribution in [2.75, 3.05) is 0 Å². The quantitative estimate of drug-likeness (QED) is 0.562. The van der Waals surface area contributed by atoms with Crippen LogP contribution in [0.4, 0.5) is 0 Å². The Hall–Kier alpha value is -0.340. The van der Waals surface area contributed by atoms with Crippen LogP contribution in [0.1, 0.15) is 42.3 Å². The molecule has 1 aliphatic carbocycles. The molecule has 0 saturated carbocycles. The number of halogens is 1. The molecule has 0 radical (unpaired) electrons. The zero-order valence-electron chi connectivity index (χ0n) is 11.0. The summed E-state index contributed by atoms with van der Waals surface area (Å²) in [4.78, 5) is 5.94. The van der Waals surface area contributed by atoms with E-state index in [9.17, 15) is 0 Å². The first-order valence-electron chi connectivity index (χ1n) is 6.12. The number of aryl methyl sites for hydroxylation is 2. The molecule has 0 saturated heterocycles. The van der Waals surface area contributed by atoms with Crippen LogP contribution in [0.2, 0.25) is 0 Å². The van der Waals surface area contributed by atoms with Crippen molar-refractivity contribution in [1.29, 1.82) is 0 Å². The number of thiazole rings is 1. The van der Waals surface area contributed by atoms with Crippen LogP contribution in [0.15, 0.2) is 11.6 Å². The molecule has 3 heteroatoms. The zero-order chi connectivity index (χ0) is 12.6. The van der Waals surface area contributed by atoms with Gasteiger partial charge in [-0.15, -0.1) is 22.9 Å². The van der Waals surface area contributed by atoms with Crippen LogP contribution in [0.3, 0.4) is 0 Å². The first-order valence-corrected chi connectivity index (χ1v) is 7.37. The maximum atomic E-state index is 6.31. The lowest BCUT2D eigenvalue weighted by Gasteiger charge is -2.32. The Bertz CT molecular complexity index is 426. The highest BCUT2D eigenvalue weighted by atomic mass is 35.5. The van der Waals surface area contributed by atoms with E-state index in [1.54, 1.807) is 0 Å². The minimum atomic E-state index is 0.191. The van der Waals surface area contributed by atoms with Gasteiger partial charge in [-0.05, 0) is 32.1 Å². The van der Waals surface area contributed by atoms with E-state index in [1.807, 2.05) is 11.3 Å². The van der Waals surface area contributed by atoms with Crippen LogP contribution < -0.4 is 0 Å². The number of nitrogens with zero attached hydrogens (tertiary/aromatic N) is 1. The van der Waals surface area contributed by atoms with E-state index in [4.69, 9.17) is 11.6 Å². The smallest absolute Gasteiger partial charge is 0.0971 e. The van der Waals surface area contributed by atoms with Gasteiger partial charge in [-0.2, -0.15) is 0 Å². The summed E-state index contributed by atoms with van der Waals surface area (Å²) in [6.45, 7) is 8.82. The molecule has 0 amide bonds.